The number of ether oxygens (including phenoxy) is 1. The summed E-state index contributed by atoms with van der Waals surface area (Å²) in [7, 11) is 1.53. The van der Waals surface area contributed by atoms with E-state index in [0.717, 1.165) is 16.5 Å². The number of anilines is 1. The molecular formula is C24H19N3O2. The molecule has 0 atom stereocenters. The number of hydrogen-bond donors (Lipinski definition) is 1. The monoisotopic (exact) mass is 381 g/mol. The van der Waals surface area contributed by atoms with Crippen molar-refractivity contribution >= 4 is 33.7 Å². The summed E-state index contributed by atoms with van der Waals surface area (Å²) in [5.41, 5.74) is 2.35. The zero-order valence-corrected chi connectivity index (χ0v) is 15.9. The second-order valence-corrected chi connectivity index (χ2v) is 6.38. The van der Waals surface area contributed by atoms with Crippen molar-refractivity contribution < 1.29 is 9.53 Å². The molecule has 0 radical (unpaired) electrons. The molecule has 4 aromatic rings. The van der Waals surface area contributed by atoms with E-state index in [4.69, 9.17) is 4.74 Å². The van der Waals surface area contributed by atoms with Crippen LogP contribution in [-0.4, -0.2) is 13.0 Å². The van der Waals surface area contributed by atoms with Crippen molar-refractivity contribution in [1.82, 2.24) is 0 Å². The van der Waals surface area contributed by atoms with Gasteiger partial charge in [-0.1, -0.05) is 60.7 Å². The van der Waals surface area contributed by atoms with Gasteiger partial charge in [-0.2, -0.15) is 5.11 Å². The number of fused-ring (bicyclic) bond motifs is 1. The highest BCUT2D eigenvalue weighted by molar-refractivity contribution is 6.11. The Morgan fingerprint density at radius 2 is 1.48 bits per heavy atom. The van der Waals surface area contributed by atoms with E-state index in [1.54, 1.807) is 0 Å². The van der Waals surface area contributed by atoms with Crippen LogP contribution in [0.25, 0.3) is 10.8 Å². The van der Waals surface area contributed by atoms with Gasteiger partial charge in [-0.3, -0.25) is 4.79 Å². The van der Waals surface area contributed by atoms with Crippen LogP contribution in [0.3, 0.4) is 0 Å². The molecule has 0 spiro atoms. The molecule has 1 N–H and O–H groups in total. The highest BCUT2D eigenvalue weighted by atomic mass is 16.5. The zero-order valence-electron chi connectivity index (χ0n) is 15.9. The summed E-state index contributed by atoms with van der Waals surface area (Å²) in [6, 6.07) is 28.3. The normalized spacial score (nSPS) is 10.9. The largest absolute Gasteiger partial charge is 0.494 e. The van der Waals surface area contributed by atoms with Gasteiger partial charge in [0.15, 0.2) is 5.75 Å². The molecule has 5 heteroatoms. The van der Waals surface area contributed by atoms with Crippen LogP contribution in [0, 0.1) is 0 Å². The van der Waals surface area contributed by atoms with Crippen LogP contribution < -0.4 is 10.1 Å². The van der Waals surface area contributed by atoms with Gasteiger partial charge in [-0.05, 0) is 35.7 Å². The van der Waals surface area contributed by atoms with E-state index in [-0.39, 0.29) is 5.91 Å². The number of azo groups is 1. The molecule has 4 aromatic carbocycles. The van der Waals surface area contributed by atoms with E-state index in [0.29, 0.717) is 22.7 Å². The zero-order chi connectivity index (χ0) is 20.1. The first-order chi connectivity index (χ1) is 14.3. The van der Waals surface area contributed by atoms with Crippen molar-refractivity contribution in [3.05, 3.63) is 96.6 Å². The fourth-order valence-electron chi connectivity index (χ4n) is 3.11. The maximum absolute atomic E-state index is 13.0. The lowest BCUT2D eigenvalue weighted by Crippen LogP contribution is -2.13. The van der Waals surface area contributed by atoms with E-state index in [2.05, 4.69) is 15.5 Å². The lowest BCUT2D eigenvalue weighted by Gasteiger charge is -2.14. The standard InChI is InChI=1S/C24H19N3O2/c1-29-23-21(24(28)25-18-11-4-2-5-12-18)16-17-10-8-9-15-20(17)22(23)27-26-19-13-6-3-7-14-19/h2-16H,1H3,(H,25,28). The van der Waals surface area contributed by atoms with Gasteiger partial charge in [0.25, 0.3) is 5.91 Å². The molecule has 0 saturated heterocycles. The van der Waals surface area contributed by atoms with Crippen LogP contribution in [0.1, 0.15) is 10.4 Å². The van der Waals surface area contributed by atoms with Gasteiger partial charge >= 0.3 is 0 Å². The third-order valence-corrected chi connectivity index (χ3v) is 4.48. The number of para-hydroxylation sites is 1. The molecule has 0 fully saturated rings. The topological polar surface area (TPSA) is 63.0 Å². The first-order valence-corrected chi connectivity index (χ1v) is 9.19. The minimum atomic E-state index is -0.269. The molecule has 142 valence electrons. The molecule has 0 unspecified atom stereocenters. The molecular weight excluding hydrogens is 362 g/mol. The number of hydrogen-bond acceptors (Lipinski definition) is 4. The molecule has 0 heterocycles. The van der Waals surface area contributed by atoms with Crippen molar-refractivity contribution in [3.63, 3.8) is 0 Å². The summed E-state index contributed by atoms with van der Waals surface area (Å²) in [4.78, 5) is 13.0. The minimum absolute atomic E-state index is 0.269. The van der Waals surface area contributed by atoms with Crippen LogP contribution in [0.2, 0.25) is 0 Å². The van der Waals surface area contributed by atoms with Crippen LogP contribution >= 0.6 is 0 Å². The van der Waals surface area contributed by atoms with Crippen molar-refractivity contribution in [1.29, 1.82) is 0 Å². The number of nitrogens with one attached hydrogen (secondary N) is 1. The number of nitrogens with zero attached hydrogens (tertiary/aromatic N) is 2. The van der Waals surface area contributed by atoms with E-state index in [1.807, 2.05) is 91.0 Å². The summed E-state index contributed by atoms with van der Waals surface area (Å²) in [6.07, 6.45) is 0. The first-order valence-electron chi connectivity index (χ1n) is 9.19. The maximum atomic E-state index is 13.0. The van der Waals surface area contributed by atoms with Gasteiger partial charge in [0, 0.05) is 11.1 Å². The predicted molar refractivity (Wildman–Crippen MR) is 116 cm³/mol. The SMILES string of the molecule is COc1c(C(=O)Nc2ccccc2)cc2ccccc2c1N=Nc1ccccc1. The molecule has 0 saturated carbocycles. The Morgan fingerprint density at radius 3 is 2.21 bits per heavy atom. The highest BCUT2D eigenvalue weighted by Crippen LogP contribution is 2.40. The fraction of sp³-hybridized carbons (Fsp3) is 0.0417. The average molecular weight is 381 g/mol. The molecule has 0 bridgehead atoms. The molecule has 29 heavy (non-hydrogen) atoms. The van der Waals surface area contributed by atoms with Crippen molar-refractivity contribution in [2.45, 2.75) is 0 Å². The summed E-state index contributed by atoms with van der Waals surface area (Å²) in [5.74, 6) is 0.117. The molecule has 1 amide bonds. The number of amides is 1. The number of carbonyl (C=O) groups excluding carboxylic acids is 1. The second-order valence-electron chi connectivity index (χ2n) is 6.38. The molecule has 0 aliphatic heterocycles. The maximum Gasteiger partial charge on any atom is 0.259 e. The summed E-state index contributed by atoms with van der Waals surface area (Å²) >= 11 is 0. The summed E-state index contributed by atoms with van der Waals surface area (Å²) in [6.45, 7) is 0. The second kappa shape index (κ2) is 8.35. The number of benzene rings is 4. The highest BCUT2D eigenvalue weighted by Gasteiger charge is 2.19. The summed E-state index contributed by atoms with van der Waals surface area (Å²) < 4.78 is 5.62. The van der Waals surface area contributed by atoms with Crippen molar-refractivity contribution in [2.75, 3.05) is 12.4 Å². The van der Waals surface area contributed by atoms with Gasteiger partial charge in [-0.15, -0.1) is 5.11 Å². The van der Waals surface area contributed by atoms with Gasteiger partial charge < -0.3 is 10.1 Å². The predicted octanol–water partition coefficient (Wildman–Crippen LogP) is 6.52. The molecule has 4 rings (SSSR count). The quantitative estimate of drug-likeness (QED) is 0.400. The minimum Gasteiger partial charge on any atom is -0.494 e. The summed E-state index contributed by atoms with van der Waals surface area (Å²) in [5, 5.41) is 13.4. The van der Waals surface area contributed by atoms with Crippen LogP contribution in [0.4, 0.5) is 17.1 Å². The third-order valence-electron chi connectivity index (χ3n) is 4.48. The van der Waals surface area contributed by atoms with E-state index in [1.165, 1.54) is 7.11 Å². The number of methoxy groups -OCH3 is 1. The molecule has 0 aromatic heterocycles. The Labute approximate surface area is 168 Å². The van der Waals surface area contributed by atoms with Gasteiger partial charge in [0.05, 0.1) is 18.4 Å². The van der Waals surface area contributed by atoms with Gasteiger partial charge in [0.2, 0.25) is 0 Å². The van der Waals surface area contributed by atoms with Crippen LogP contribution in [0.15, 0.2) is 101 Å². The van der Waals surface area contributed by atoms with E-state index < -0.39 is 0 Å². The average Bonchev–Trinajstić information content (AvgIpc) is 2.78. The Balaban J connectivity index is 1.83. The number of carbonyl (C=O) groups is 1. The Bertz CT molecular complexity index is 1170. The van der Waals surface area contributed by atoms with E-state index >= 15 is 0 Å². The fourth-order valence-corrected chi connectivity index (χ4v) is 3.11. The smallest absolute Gasteiger partial charge is 0.259 e. The van der Waals surface area contributed by atoms with Gasteiger partial charge in [-0.25, -0.2) is 0 Å². The Hall–Kier alpha value is -3.99. The van der Waals surface area contributed by atoms with Crippen molar-refractivity contribution in [2.24, 2.45) is 10.2 Å². The van der Waals surface area contributed by atoms with Crippen LogP contribution in [-0.2, 0) is 0 Å². The molecule has 0 aliphatic carbocycles. The lowest BCUT2D eigenvalue weighted by molar-refractivity contribution is 0.102. The number of rotatable bonds is 5. The first kappa shape index (κ1) is 18.4. The van der Waals surface area contributed by atoms with Gasteiger partial charge in [0.1, 0.15) is 5.69 Å². The molecule has 0 aliphatic rings. The third kappa shape index (κ3) is 3.99. The van der Waals surface area contributed by atoms with Crippen molar-refractivity contribution in [3.8, 4) is 5.75 Å². The Kier molecular flexibility index (Phi) is 5.29. The Morgan fingerprint density at radius 1 is 0.828 bits per heavy atom. The lowest BCUT2D eigenvalue weighted by atomic mass is 10.0. The van der Waals surface area contributed by atoms with E-state index in [9.17, 15) is 4.79 Å². The van der Waals surface area contributed by atoms with Crippen LogP contribution in [0.5, 0.6) is 5.75 Å². The molecule has 5 nitrogen and oxygen atoms in total.